The van der Waals surface area contributed by atoms with E-state index in [9.17, 15) is 29.9 Å². The van der Waals surface area contributed by atoms with Crippen molar-refractivity contribution >= 4 is 23.6 Å². The van der Waals surface area contributed by atoms with Crippen molar-refractivity contribution in [1.29, 1.82) is 5.26 Å². The van der Waals surface area contributed by atoms with Crippen LogP contribution in [0.25, 0.3) is 0 Å². The van der Waals surface area contributed by atoms with E-state index in [2.05, 4.69) is 0 Å². The van der Waals surface area contributed by atoms with Crippen LogP contribution < -0.4 is 10.6 Å². The fraction of sp³-hybridized carbons (Fsp3) is 0.167. The molecule has 0 saturated heterocycles. The van der Waals surface area contributed by atoms with E-state index in [1.165, 1.54) is 13.0 Å². The number of carboxylic acid groups (broad SMARTS) is 1. The summed E-state index contributed by atoms with van der Waals surface area (Å²) in [7, 11) is 2.19. The zero-order chi connectivity index (χ0) is 25.2. The van der Waals surface area contributed by atoms with Gasteiger partial charge in [0.15, 0.2) is 0 Å². The summed E-state index contributed by atoms with van der Waals surface area (Å²) < 4.78 is 9.86. The van der Waals surface area contributed by atoms with Crippen molar-refractivity contribution in [2.75, 3.05) is 19.1 Å². The molecule has 0 saturated carbocycles. The van der Waals surface area contributed by atoms with Crippen LogP contribution in [0.3, 0.4) is 0 Å². The number of carbonyl (C=O) groups excluding carboxylic acids is 2. The summed E-state index contributed by atoms with van der Waals surface area (Å²) in [4.78, 5) is 39.1. The Morgan fingerprint density at radius 1 is 1.09 bits per heavy atom. The first-order valence-electron chi connectivity index (χ1n) is 9.90. The van der Waals surface area contributed by atoms with Crippen LogP contribution in [0.15, 0.2) is 65.1 Å². The van der Waals surface area contributed by atoms with Crippen LogP contribution in [-0.2, 0) is 19.1 Å². The Balaban J connectivity index is 2.51. The van der Waals surface area contributed by atoms with Gasteiger partial charge in [0.2, 0.25) is 0 Å². The van der Waals surface area contributed by atoms with Gasteiger partial charge < -0.3 is 25.4 Å². The Morgan fingerprint density at radius 2 is 1.71 bits per heavy atom. The van der Waals surface area contributed by atoms with Crippen molar-refractivity contribution in [2.45, 2.75) is 12.8 Å². The molecule has 34 heavy (non-hydrogen) atoms. The first-order chi connectivity index (χ1) is 16.2. The largest absolute Gasteiger partial charge is 0.508 e. The third-order valence-corrected chi connectivity index (χ3v) is 5.40. The number of methoxy groups -OCH3 is 2. The number of esters is 2. The molecule has 174 valence electrons. The number of nitrogens with two attached hydrogens (primary N) is 1. The molecular formula is C24H21N3O7. The van der Waals surface area contributed by atoms with E-state index in [0.29, 0.717) is 5.56 Å². The molecule has 1 unspecified atom stereocenters. The predicted molar refractivity (Wildman–Crippen MR) is 119 cm³/mol. The molecule has 4 N–H and O–H groups in total. The number of rotatable bonds is 5. The molecule has 0 aliphatic carbocycles. The Kier molecular flexibility index (Phi) is 6.58. The molecule has 10 nitrogen and oxygen atoms in total. The van der Waals surface area contributed by atoms with E-state index in [1.807, 2.05) is 6.07 Å². The quantitative estimate of drug-likeness (QED) is 0.561. The number of aromatic hydroxyl groups is 1. The van der Waals surface area contributed by atoms with Gasteiger partial charge in [-0.1, -0.05) is 30.3 Å². The second kappa shape index (κ2) is 9.38. The standard InChI is InChI=1S/C24H21N3O7/c1-12-9-16(14(22(29)30)10-17(12)28)27-20(24(32)34-3)19(23(31)33-2)18(15(11-25)21(27)26)13-7-5-4-6-8-13/h4-10,18,28H,26H2,1-3H3,(H,29,30). The van der Waals surface area contributed by atoms with E-state index in [4.69, 9.17) is 15.2 Å². The normalized spacial score (nSPS) is 15.6. The number of benzene rings is 2. The van der Waals surface area contributed by atoms with Crippen molar-refractivity contribution in [1.82, 2.24) is 0 Å². The average molecular weight is 463 g/mol. The van der Waals surface area contributed by atoms with Crippen LogP contribution in [-0.4, -0.2) is 42.3 Å². The van der Waals surface area contributed by atoms with Gasteiger partial charge >= 0.3 is 17.9 Å². The molecule has 0 radical (unpaired) electrons. The SMILES string of the molecule is COC(=O)C1=C(C(=O)OC)N(c2cc(C)c(O)cc2C(=O)O)C(N)=C(C#N)C1c1ccccc1. The molecule has 2 aromatic carbocycles. The van der Waals surface area contributed by atoms with Gasteiger partial charge in [-0.15, -0.1) is 0 Å². The number of aromatic carboxylic acids is 1. The molecule has 0 fully saturated rings. The monoisotopic (exact) mass is 463 g/mol. The third-order valence-electron chi connectivity index (χ3n) is 5.40. The van der Waals surface area contributed by atoms with Gasteiger partial charge in [0.1, 0.15) is 17.3 Å². The number of hydrogen-bond donors (Lipinski definition) is 3. The number of phenolic OH excluding ortho intramolecular Hbond substituents is 1. The van der Waals surface area contributed by atoms with Gasteiger partial charge in [0.05, 0.1) is 48.6 Å². The number of phenols is 1. The van der Waals surface area contributed by atoms with Crippen LogP contribution >= 0.6 is 0 Å². The highest BCUT2D eigenvalue weighted by Gasteiger charge is 2.43. The molecule has 0 bridgehead atoms. The van der Waals surface area contributed by atoms with Crippen LogP contribution in [0.4, 0.5) is 5.69 Å². The van der Waals surface area contributed by atoms with E-state index in [1.54, 1.807) is 30.3 Å². The van der Waals surface area contributed by atoms with E-state index < -0.39 is 35.1 Å². The summed E-state index contributed by atoms with van der Waals surface area (Å²) >= 11 is 0. The van der Waals surface area contributed by atoms with E-state index in [-0.39, 0.29) is 34.0 Å². The highest BCUT2D eigenvalue weighted by atomic mass is 16.5. The van der Waals surface area contributed by atoms with Gasteiger partial charge in [0, 0.05) is 0 Å². The summed E-state index contributed by atoms with van der Waals surface area (Å²) in [6.07, 6.45) is 0. The van der Waals surface area contributed by atoms with Gasteiger partial charge in [0.25, 0.3) is 0 Å². The number of anilines is 1. The summed E-state index contributed by atoms with van der Waals surface area (Å²) in [5.41, 5.74) is 5.76. The Bertz CT molecular complexity index is 1290. The zero-order valence-corrected chi connectivity index (χ0v) is 18.5. The van der Waals surface area contributed by atoms with Crippen molar-refractivity contribution in [2.24, 2.45) is 5.73 Å². The second-order valence-electron chi connectivity index (χ2n) is 7.30. The van der Waals surface area contributed by atoms with Gasteiger partial charge in [-0.05, 0) is 30.2 Å². The summed E-state index contributed by atoms with van der Waals surface area (Å²) in [6.45, 7) is 1.51. The number of hydrogen-bond acceptors (Lipinski definition) is 9. The minimum Gasteiger partial charge on any atom is -0.508 e. The lowest BCUT2D eigenvalue weighted by Crippen LogP contribution is -2.41. The van der Waals surface area contributed by atoms with Crippen molar-refractivity contribution in [3.05, 3.63) is 81.8 Å². The summed E-state index contributed by atoms with van der Waals surface area (Å²) in [5.74, 6) is -5.06. The lowest BCUT2D eigenvalue weighted by atomic mass is 9.80. The number of aryl methyl sites for hydroxylation is 1. The Morgan fingerprint density at radius 3 is 2.24 bits per heavy atom. The molecule has 10 heteroatoms. The first-order valence-corrected chi connectivity index (χ1v) is 9.90. The van der Waals surface area contributed by atoms with E-state index >= 15 is 0 Å². The smallest absolute Gasteiger partial charge is 0.355 e. The molecular weight excluding hydrogens is 442 g/mol. The fourth-order valence-corrected chi connectivity index (χ4v) is 3.80. The van der Waals surface area contributed by atoms with Gasteiger partial charge in [-0.25, -0.2) is 14.4 Å². The molecule has 1 aliphatic heterocycles. The van der Waals surface area contributed by atoms with Gasteiger partial charge in [-0.3, -0.25) is 4.90 Å². The number of carbonyl (C=O) groups is 3. The van der Waals surface area contributed by atoms with Crippen LogP contribution in [0.1, 0.15) is 27.4 Å². The molecule has 2 aromatic rings. The number of carboxylic acids is 1. The van der Waals surface area contributed by atoms with Crippen LogP contribution in [0, 0.1) is 18.3 Å². The molecule has 0 spiro atoms. The molecule has 1 heterocycles. The molecule has 0 amide bonds. The number of ether oxygens (including phenoxy) is 2. The summed E-state index contributed by atoms with van der Waals surface area (Å²) in [5, 5.41) is 29.9. The number of nitriles is 1. The van der Waals surface area contributed by atoms with Crippen molar-refractivity contribution in [3.8, 4) is 11.8 Å². The Labute approximate surface area is 194 Å². The maximum absolute atomic E-state index is 13.0. The zero-order valence-electron chi connectivity index (χ0n) is 18.5. The average Bonchev–Trinajstić information content (AvgIpc) is 2.84. The first kappa shape index (κ1) is 23.9. The highest BCUT2D eigenvalue weighted by Crippen LogP contribution is 2.44. The maximum Gasteiger partial charge on any atom is 0.355 e. The summed E-state index contributed by atoms with van der Waals surface area (Å²) in [6, 6.07) is 12.7. The minimum absolute atomic E-state index is 0.110. The number of nitrogens with zero attached hydrogens (tertiary/aromatic N) is 2. The topological polar surface area (TPSA) is 163 Å². The van der Waals surface area contributed by atoms with Crippen molar-refractivity contribution < 1.29 is 34.1 Å². The molecule has 0 aromatic heterocycles. The highest BCUT2D eigenvalue weighted by molar-refractivity contribution is 6.08. The molecule has 1 aliphatic rings. The Hall–Kier alpha value is -4.78. The lowest BCUT2D eigenvalue weighted by molar-refractivity contribution is -0.139. The van der Waals surface area contributed by atoms with Crippen molar-refractivity contribution in [3.63, 3.8) is 0 Å². The van der Waals surface area contributed by atoms with Crippen LogP contribution in [0.5, 0.6) is 5.75 Å². The lowest BCUT2D eigenvalue weighted by Gasteiger charge is -2.36. The van der Waals surface area contributed by atoms with Gasteiger partial charge in [-0.2, -0.15) is 5.26 Å². The number of allylic oxidation sites excluding steroid dienone is 1. The van der Waals surface area contributed by atoms with E-state index in [0.717, 1.165) is 25.2 Å². The maximum atomic E-state index is 13.0. The predicted octanol–water partition coefficient (Wildman–Crippen LogP) is 2.30. The molecule has 1 atom stereocenters. The molecule has 3 rings (SSSR count). The fourth-order valence-electron chi connectivity index (χ4n) is 3.80. The minimum atomic E-state index is -1.44. The van der Waals surface area contributed by atoms with Crippen LogP contribution in [0.2, 0.25) is 0 Å². The second-order valence-corrected chi connectivity index (χ2v) is 7.30. The third kappa shape index (κ3) is 3.91.